The van der Waals surface area contributed by atoms with Gasteiger partial charge in [0.15, 0.2) is 5.82 Å². The summed E-state index contributed by atoms with van der Waals surface area (Å²) in [5.41, 5.74) is 2.65. The van der Waals surface area contributed by atoms with Gasteiger partial charge in [-0.3, -0.25) is 9.59 Å². The van der Waals surface area contributed by atoms with Crippen LogP contribution in [0.5, 0.6) is 0 Å². The predicted octanol–water partition coefficient (Wildman–Crippen LogP) is 4.19. The Morgan fingerprint density at radius 2 is 1.72 bits per heavy atom. The third-order valence-corrected chi connectivity index (χ3v) is 8.34. The Kier molecular flexibility index (Phi) is 5.86. The van der Waals surface area contributed by atoms with E-state index in [2.05, 4.69) is 10.2 Å². The molecule has 2 aromatic rings. The molecular formula is C28H35N5O3. The van der Waals surface area contributed by atoms with E-state index in [1.54, 1.807) is 4.90 Å². The third kappa shape index (κ3) is 4.01. The van der Waals surface area contributed by atoms with E-state index in [-0.39, 0.29) is 23.3 Å². The maximum Gasteiger partial charge on any atom is 0.253 e. The van der Waals surface area contributed by atoms with Crippen molar-refractivity contribution < 1.29 is 14.3 Å². The van der Waals surface area contributed by atoms with Gasteiger partial charge in [0.05, 0.1) is 24.3 Å². The summed E-state index contributed by atoms with van der Waals surface area (Å²) in [6.45, 7) is 5.13. The molecule has 0 unspecified atom stereocenters. The van der Waals surface area contributed by atoms with Crippen molar-refractivity contribution in [3.63, 3.8) is 0 Å². The lowest BCUT2D eigenvalue weighted by Gasteiger charge is -2.54. The highest BCUT2D eigenvalue weighted by Crippen LogP contribution is 2.40. The molecule has 8 nitrogen and oxygen atoms in total. The van der Waals surface area contributed by atoms with Gasteiger partial charge in [0, 0.05) is 37.4 Å². The number of rotatable bonds is 4. The minimum Gasteiger partial charge on any atom is -0.380 e. The summed E-state index contributed by atoms with van der Waals surface area (Å²) in [6.07, 6.45) is 7.12. The summed E-state index contributed by atoms with van der Waals surface area (Å²) in [4.78, 5) is 36.7. The number of carbonyl (C=O) groups is 2. The maximum absolute atomic E-state index is 13.0. The summed E-state index contributed by atoms with van der Waals surface area (Å²) in [7, 11) is 1.84. The van der Waals surface area contributed by atoms with Crippen LogP contribution >= 0.6 is 0 Å². The number of likely N-dealkylation sites (N-methyl/N-ethyl adjacent to an activating group) is 1. The summed E-state index contributed by atoms with van der Waals surface area (Å²) in [5.74, 6) is 1.80. The van der Waals surface area contributed by atoms with Gasteiger partial charge in [-0.25, -0.2) is 4.98 Å². The first-order chi connectivity index (χ1) is 17.4. The number of benzene rings is 1. The van der Waals surface area contributed by atoms with E-state index >= 15 is 0 Å². The van der Waals surface area contributed by atoms with Crippen LogP contribution in [0.2, 0.25) is 0 Å². The van der Waals surface area contributed by atoms with Gasteiger partial charge >= 0.3 is 0 Å². The molecule has 2 amide bonds. The van der Waals surface area contributed by atoms with Crippen LogP contribution in [0.3, 0.4) is 0 Å². The zero-order chi connectivity index (χ0) is 24.9. The lowest BCUT2D eigenvalue weighted by Crippen LogP contribution is -2.67. The molecular weight excluding hydrogens is 454 g/mol. The summed E-state index contributed by atoms with van der Waals surface area (Å²) in [5, 5.41) is 3.40. The lowest BCUT2D eigenvalue weighted by molar-refractivity contribution is -0.176. The first kappa shape index (κ1) is 23.3. The van der Waals surface area contributed by atoms with Gasteiger partial charge in [-0.1, -0.05) is 25.7 Å². The molecule has 1 aromatic heterocycles. The molecule has 190 valence electrons. The fraction of sp³-hybridized carbons (Fsp3) is 0.536. The molecule has 4 heterocycles. The minimum atomic E-state index is -0.231. The topological polar surface area (TPSA) is 78.0 Å². The Bertz CT molecular complexity index is 1150. The van der Waals surface area contributed by atoms with Crippen molar-refractivity contribution >= 4 is 34.8 Å². The molecule has 8 heteroatoms. The fourth-order valence-corrected chi connectivity index (χ4v) is 6.20. The Labute approximate surface area is 212 Å². The number of ether oxygens (including phenoxy) is 1. The summed E-state index contributed by atoms with van der Waals surface area (Å²) in [6, 6.07) is 11.6. The molecule has 4 aliphatic rings. The molecule has 1 atom stereocenters. The number of nitrogens with one attached hydrogen (secondary N) is 1. The van der Waals surface area contributed by atoms with Gasteiger partial charge in [-0.2, -0.15) is 0 Å². The molecule has 0 bridgehead atoms. The molecule has 1 aromatic carbocycles. The molecule has 1 N–H and O–H groups in total. The highest BCUT2D eigenvalue weighted by molar-refractivity contribution is 6.04. The summed E-state index contributed by atoms with van der Waals surface area (Å²) < 4.78 is 5.31. The molecule has 1 spiro atoms. The molecule has 3 fully saturated rings. The van der Waals surface area contributed by atoms with Crippen molar-refractivity contribution in [1.29, 1.82) is 0 Å². The van der Waals surface area contributed by atoms with E-state index < -0.39 is 0 Å². The molecule has 1 aliphatic carbocycles. The van der Waals surface area contributed by atoms with Crippen LogP contribution in [0, 0.1) is 5.41 Å². The third-order valence-electron chi connectivity index (χ3n) is 8.34. The standard InChI is InChI=1S/C28H35N5O3/c1-19-26(34)31(2)23-13-14-24(30-25(23)33(19)22-7-5-3-4-6-8-22)29-21-11-9-20(10-12-21)27(35)32-15-28(16-32)17-36-18-28/h9-14,19,22H,3-8,15-18H2,1-2H3,(H,29,30)/t19-/m1/s1. The average Bonchev–Trinajstić information content (AvgIpc) is 3.11. The Balaban J connectivity index is 1.20. The monoisotopic (exact) mass is 489 g/mol. The van der Waals surface area contributed by atoms with E-state index in [1.807, 2.05) is 55.3 Å². The van der Waals surface area contributed by atoms with Gasteiger partial charge in [-0.15, -0.1) is 0 Å². The number of hydrogen-bond donors (Lipinski definition) is 1. The highest BCUT2D eigenvalue weighted by Gasteiger charge is 2.50. The van der Waals surface area contributed by atoms with E-state index in [9.17, 15) is 9.59 Å². The molecule has 1 saturated carbocycles. The molecule has 3 aliphatic heterocycles. The smallest absolute Gasteiger partial charge is 0.253 e. The van der Waals surface area contributed by atoms with Crippen LogP contribution in [0.15, 0.2) is 36.4 Å². The largest absolute Gasteiger partial charge is 0.380 e. The van der Waals surface area contributed by atoms with Gasteiger partial charge in [0.1, 0.15) is 11.9 Å². The van der Waals surface area contributed by atoms with Crippen molar-refractivity contribution in [1.82, 2.24) is 9.88 Å². The first-order valence-corrected chi connectivity index (χ1v) is 13.3. The number of likely N-dealkylation sites (tertiary alicyclic amines) is 1. The van der Waals surface area contributed by atoms with Crippen molar-refractivity contribution in [2.45, 2.75) is 57.5 Å². The van der Waals surface area contributed by atoms with Crippen LogP contribution < -0.4 is 15.1 Å². The predicted molar refractivity (Wildman–Crippen MR) is 140 cm³/mol. The zero-order valence-electron chi connectivity index (χ0n) is 21.2. The normalized spacial score (nSPS) is 23.6. The fourth-order valence-electron chi connectivity index (χ4n) is 6.20. The van der Waals surface area contributed by atoms with E-state index in [1.165, 1.54) is 25.7 Å². The Hall–Kier alpha value is -3.13. The van der Waals surface area contributed by atoms with Crippen molar-refractivity contribution in [3.8, 4) is 0 Å². The molecule has 36 heavy (non-hydrogen) atoms. The number of aromatic nitrogens is 1. The molecule has 2 saturated heterocycles. The lowest BCUT2D eigenvalue weighted by atomic mass is 9.78. The number of carbonyl (C=O) groups excluding carboxylic acids is 2. The van der Waals surface area contributed by atoms with Gasteiger partial charge < -0.3 is 24.8 Å². The van der Waals surface area contributed by atoms with E-state index in [0.29, 0.717) is 11.6 Å². The molecule has 6 rings (SSSR count). The minimum absolute atomic E-state index is 0.0757. The van der Waals surface area contributed by atoms with E-state index in [4.69, 9.17) is 9.72 Å². The van der Waals surface area contributed by atoms with Crippen LogP contribution in [0.1, 0.15) is 55.8 Å². The second-order valence-electron chi connectivity index (χ2n) is 11.0. The van der Waals surface area contributed by atoms with Gasteiger partial charge in [0.2, 0.25) is 5.91 Å². The summed E-state index contributed by atoms with van der Waals surface area (Å²) >= 11 is 0. The second kappa shape index (κ2) is 9.07. The number of nitrogens with zero attached hydrogens (tertiary/aromatic N) is 4. The van der Waals surface area contributed by atoms with Crippen LogP contribution in [0.25, 0.3) is 0 Å². The van der Waals surface area contributed by atoms with Crippen molar-refractivity contribution in [2.75, 3.05) is 48.5 Å². The number of pyridine rings is 1. The number of hydrogen-bond acceptors (Lipinski definition) is 6. The van der Waals surface area contributed by atoms with Crippen LogP contribution in [-0.4, -0.2) is 67.1 Å². The Morgan fingerprint density at radius 3 is 2.36 bits per heavy atom. The van der Waals surface area contributed by atoms with Crippen molar-refractivity contribution in [3.05, 3.63) is 42.0 Å². The maximum atomic E-state index is 13.0. The number of amides is 2. The average molecular weight is 490 g/mol. The van der Waals surface area contributed by atoms with Crippen LogP contribution in [0.4, 0.5) is 23.0 Å². The SMILES string of the molecule is C[C@@H]1C(=O)N(C)c2ccc(Nc3ccc(C(=O)N4CC5(COC5)C4)cc3)nc2N1C1CCCCCC1. The Morgan fingerprint density at radius 1 is 1.03 bits per heavy atom. The molecule has 0 radical (unpaired) electrons. The van der Waals surface area contributed by atoms with Gasteiger partial charge in [-0.05, 0) is 56.2 Å². The van der Waals surface area contributed by atoms with Gasteiger partial charge in [0.25, 0.3) is 5.91 Å². The number of anilines is 4. The highest BCUT2D eigenvalue weighted by atomic mass is 16.5. The quantitative estimate of drug-likeness (QED) is 0.649. The zero-order valence-corrected chi connectivity index (χ0v) is 21.2. The first-order valence-electron chi connectivity index (χ1n) is 13.3. The second-order valence-corrected chi connectivity index (χ2v) is 11.0. The number of fused-ring (bicyclic) bond motifs is 1. The van der Waals surface area contributed by atoms with Crippen molar-refractivity contribution in [2.24, 2.45) is 5.41 Å². The van der Waals surface area contributed by atoms with E-state index in [0.717, 1.165) is 62.2 Å². The van der Waals surface area contributed by atoms with Crippen LogP contribution in [-0.2, 0) is 9.53 Å².